The second kappa shape index (κ2) is 10.0. The van der Waals surface area contributed by atoms with Crippen LogP contribution in [-0.4, -0.2) is 117 Å². The zero-order chi connectivity index (χ0) is 28.3. The molecular formula is C26H33N3O8S. The summed E-state index contributed by atoms with van der Waals surface area (Å²) in [7, 11) is 6.87. The third kappa shape index (κ3) is 4.02. The number of primary amides is 1. The fourth-order valence-electron chi connectivity index (χ4n) is 6.06. The van der Waals surface area contributed by atoms with E-state index < -0.39 is 75.6 Å². The van der Waals surface area contributed by atoms with Crippen LogP contribution >= 0.6 is 11.8 Å². The maximum absolute atomic E-state index is 13.7. The summed E-state index contributed by atoms with van der Waals surface area (Å²) in [6, 6.07) is 3.28. The summed E-state index contributed by atoms with van der Waals surface area (Å²) < 4.78 is 0. The maximum atomic E-state index is 13.7. The molecule has 0 aromatic heterocycles. The molecule has 3 aliphatic rings. The minimum atomic E-state index is -2.92. The van der Waals surface area contributed by atoms with Crippen molar-refractivity contribution in [1.82, 2.24) is 9.80 Å². The molecule has 0 radical (unpaired) electrons. The number of phenolic OH excluding ortho intramolecular Hbond substituents is 1. The molecule has 0 unspecified atom stereocenters. The van der Waals surface area contributed by atoms with Gasteiger partial charge in [0.1, 0.15) is 22.8 Å². The normalized spacial score (nSPS) is 31.0. The number of nitrogens with two attached hydrogens (primary N) is 1. The topological polar surface area (TPSA) is 185 Å². The van der Waals surface area contributed by atoms with E-state index in [1.54, 1.807) is 23.9 Å². The highest BCUT2D eigenvalue weighted by atomic mass is 32.2. The average molecular weight is 548 g/mol. The number of phenols is 1. The van der Waals surface area contributed by atoms with Crippen LogP contribution in [-0.2, 0) is 9.59 Å². The molecule has 0 bridgehead atoms. The number of hydrogen-bond donors (Lipinski definition) is 6. The lowest BCUT2D eigenvalue weighted by Crippen LogP contribution is -2.68. The monoisotopic (exact) mass is 547 g/mol. The van der Waals surface area contributed by atoms with Crippen molar-refractivity contribution in [2.24, 2.45) is 17.6 Å². The Morgan fingerprint density at radius 2 is 1.79 bits per heavy atom. The molecule has 1 aromatic rings. The quantitative estimate of drug-likeness (QED) is 0.198. The number of nitrogens with zero attached hydrogens (tertiary/aromatic N) is 2. The van der Waals surface area contributed by atoms with E-state index in [1.807, 2.05) is 19.0 Å². The van der Waals surface area contributed by atoms with Crippen molar-refractivity contribution in [2.75, 3.05) is 46.2 Å². The number of fused-ring (bicyclic) bond motifs is 3. The van der Waals surface area contributed by atoms with Gasteiger partial charge in [0.05, 0.1) is 23.6 Å². The molecule has 0 fully saturated rings. The van der Waals surface area contributed by atoms with Gasteiger partial charge in [-0.2, -0.15) is 11.8 Å². The van der Waals surface area contributed by atoms with Crippen LogP contribution in [0.2, 0.25) is 0 Å². The summed E-state index contributed by atoms with van der Waals surface area (Å²) in [6.07, 6.45) is -1.61. The minimum absolute atomic E-state index is 0.0845. The Balaban J connectivity index is 1.96. The Bertz CT molecular complexity index is 1260. The van der Waals surface area contributed by atoms with Crippen LogP contribution < -0.4 is 5.73 Å². The Labute approximate surface area is 224 Å². The van der Waals surface area contributed by atoms with Gasteiger partial charge in [-0.05, 0) is 39.8 Å². The lowest BCUT2D eigenvalue weighted by Gasteiger charge is -2.53. The first kappa shape index (κ1) is 28.1. The van der Waals surface area contributed by atoms with Crippen molar-refractivity contribution in [1.29, 1.82) is 0 Å². The Hall–Kier alpha value is -2.90. The number of Topliss-reactive ketones (excluding diaryl/α,β-unsaturated/α-hetero) is 2. The van der Waals surface area contributed by atoms with Gasteiger partial charge in [-0.25, -0.2) is 0 Å². The molecule has 0 saturated carbocycles. The van der Waals surface area contributed by atoms with E-state index in [4.69, 9.17) is 5.73 Å². The van der Waals surface area contributed by atoms with Crippen molar-refractivity contribution in [3.63, 3.8) is 0 Å². The van der Waals surface area contributed by atoms with Crippen LogP contribution in [0.4, 0.5) is 0 Å². The van der Waals surface area contributed by atoms with Gasteiger partial charge < -0.3 is 36.2 Å². The predicted octanol–water partition coefficient (Wildman–Crippen LogP) is -0.0727. The molecule has 0 heterocycles. The van der Waals surface area contributed by atoms with Gasteiger partial charge in [0, 0.05) is 35.5 Å². The molecule has 1 aromatic carbocycles. The molecule has 3 aliphatic carbocycles. The number of hydrogen-bond acceptors (Lipinski definition) is 11. The Morgan fingerprint density at radius 1 is 1.13 bits per heavy atom. The highest BCUT2D eigenvalue weighted by Crippen LogP contribution is 2.56. The van der Waals surface area contributed by atoms with Crippen LogP contribution in [0.15, 0.2) is 40.9 Å². The fourth-order valence-corrected chi connectivity index (χ4v) is 7.36. The highest BCUT2D eigenvalue weighted by molar-refractivity contribution is 7.99. The zero-order valence-corrected chi connectivity index (χ0v) is 22.4. The molecule has 0 saturated heterocycles. The molecule has 6 atom stereocenters. The van der Waals surface area contributed by atoms with Crippen LogP contribution in [0.25, 0.3) is 0 Å². The summed E-state index contributed by atoms with van der Waals surface area (Å²) in [5.41, 5.74) is 1.50. The molecule has 1 amide bonds. The van der Waals surface area contributed by atoms with E-state index >= 15 is 0 Å². The summed E-state index contributed by atoms with van der Waals surface area (Å²) >= 11 is 1.55. The lowest BCUT2D eigenvalue weighted by molar-refractivity contribution is -0.162. The molecule has 0 aliphatic heterocycles. The SMILES string of the molecule is CN(C)CCSC[C@@H]1c2cccc(O)c2C(=O)C2=C(O)[C@@]3(O)C(=O)C(C(N)=O)=C(O)[C@@H](N(C)C)[C@H]3[C@@H](O)[C@H]21. The van der Waals surface area contributed by atoms with Crippen LogP contribution in [0.1, 0.15) is 21.8 Å². The third-order valence-electron chi connectivity index (χ3n) is 7.78. The highest BCUT2D eigenvalue weighted by Gasteiger charge is 2.67. The van der Waals surface area contributed by atoms with E-state index in [2.05, 4.69) is 0 Å². The molecule has 38 heavy (non-hydrogen) atoms. The number of ketones is 2. The Morgan fingerprint density at radius 3 is 2.37 bits per heavy atom. The second-order valence-corrected chi connectivity index (χ2v) is 11.6. The molecule has 12 heteroatoms. The number of amides is 1. The first-order valence-corrected chi connectivity index (χ1v) is 13.3. The number of rotatable bonds is 7. The molecular weight excluding hydrogens is 514 g/mol. The number of benzene rings is 1. The molecule has 4 rings (SSSR count). The van der Waals surface area contributed by atoms with Gasteiger partial charge in [0.15, 0.2) is 11.4 Å². The van der Waals surface area contributed by atoms with Crippen LogP contribution in [0.3, 0.4) is 0 Å². The van der Waals surface area contributed by atoms with Gasteiger partial charge in [-0.3, -0.25) is 19.3 Å². The lowest BCUT2D eigenvalue weighted by atomic mass is 9.55. The summed E-state index contributed by atoms with van der Waals surface area (Å²) in [5, 5.41) is 56.6. The van der Waals surface area contributed by atoms with Crippen LogP contribution in [0, 0.1) is 11.8 Å². The number of aliphatic hydroxyl groups is 4. The van der Waals surface area contributed by atoms with Crippen molar-refractivity contribution >= 4 is 29.2 Å². The van der Waals surface area contributed by atoms with Gasteiger partial charge in [0.25, 0.3) is 5.91 Å². The van der Waals surface area contributed by atoms with E-state index in [9.17, 15) is 39.9 Å². The number of aliphatic hydroxyl groups excluding tert-OH is 3. The second-order valence-electron chi connectivity index (χ2n) is 10.5. The largest absolute Gasteiger partial charge is 0.510 e. The van der Waals surface area contributed by atoms with Gasteiger partial charge in [-0.15, -0.1) is 0 Å². The van der Waals surface area contributed by atoms with Crippen molar-refractivity contribution in [2.45, 2.75) is 23.7 Å². The predicted molar refractivity (Wildman–Crippen MR) is 140 cm³/mol. The standard InChI is InChI=1S/C26H33N3O8S/c1-28(2)8-9-38-10-12-11-6-5-7-13(30)14(11)20(31)16-15(12)21(32)18-19(29(3)4)22(33)17(25(27)36)24(35)26(18,37)23(16)34/h5-7,12,15,18-19,21,30,32-34,37H,8-10H2,1-4H3,(H2,27,36)/t12-,15+,18+,19+,21+,26-/m1/s1. The van der Waals surface area contributed by atoms with Gasteiger partial charge in [0.2, 0.25) is 5.78 Å². The minimum Gasteiger partial charge on any atom is -0.510 e. The first-order chi connectivity index (χ1) is 17.8. The molecule has 206 valence electrons. The molecule has 0 spiro atoms. The van der Waals surface area contributed by atoms with E-state index in [0.717, 1.165) is 12.3 Å². The maximum Gasteiger partial charge on any atom is 0.255 e. The van der Waals surface area contributed by atoms with Gasteiger partial charge >= 0.3 is 0 Å². The summed E-state index contributed by atoms with van der Waals surface area (Å²) in [6.45, 7) is 0.762. The zero-order valence-electron chi connectivity index (χ0n) is 21.6. The fraction of sp³-hybridized carbons (Fsp3) is 0.500. The third-order valence-corrected chi connectivity index (χ3v) is 8.85. The molecule has 7 N–H and O–H groups in total. The van der Waals surface area contributed by atoms with E-state index in [-0.39, 0.29) is 11.3 Å². The average Bonchev–Trinajstić information content (AvgIpc) is 2.82. The number of aromatic hydroxyl groups is 1. The van der Waals surface area contributed by atoms with Crippen molar-refractivity contribution in [3.8, 4) is 5.75 Å². The van der Waals surface area contributed by atoms with Crippen LogP contribution in [0.5, 0.6) is 5.75 Å². The van der Waals surface area contributed by atoms with Crippen molar-refractivity contribution in [3.05, 3.63) is 52.0 Å². The smallest absolute Gasteiger partial charge is 0.255 e. The van der Waals surface area contributed by atoms with Gasteiger partial charge in [-0.1, -0.05) is 12.1 Å². The van der Waals surface area contributed by atoms with E-state index in [1.165, 1.54) is 25.1 Å². The number of likely N-dealkylation sites (N-methyl/N-ethyl adjacent to an activating group) is 1. The number of carbonyl (C=O) groups excluding carboxylic acids is 3. The number of thioether (sulfide) groups is 1. The van der Waals surface area contributed by atoms with Crippen molar-refractivity contribution < 1.29 is 39.9 Å². The first-order valence-electron chi connectivity index (χ1n) is 12.1. The Kier molecular flexibility index (Phi) is 7.40. The summed E-state index contributed by atoms with van der Waals surface area (Å²) in [4.78, 5) is 42.7. The van der Waals surface area contributed by atoms with E-state index in [0.29, 0.717) is 11.3 Å². The summed E-state index contributed by atoms with van der Waals surface area (Å²) in [5.74, 6) is -7.75. The molecule has 11 nitrogen and oxygen atoms in total. The number of carbonyl (C=O) groups is 3.